The second kappa shape index (κ2) is 4.85. The number of alkyl carbamates (subject to hydrolysis) is 1. The van der Waals surface area contributed by atoms with Gasteiger partial charge in [0.05, 0.1) is 19.3 Å². The van der Waals surface area contributed by atoms with Crippen molar-refractivity contribution in [3.8, 4) is 6.07 Å². The quantitative estimate of drug-likeness (QED) is 0.850. The Balaban J connectivity index is 1.81. The predicted octanol–water partition coefficient (Wildman–Crippen LogP) is 1.21. The van der Waals surface area contributed by atoms with Crippen LogP contribution in [0.15, 0.2) is 30.3 Å². The average molecular weight is 232 g/mol. The fraction of sp³-hybridized carbons (Fsp3) is 0.333. The summed E-state index contributed by atoms with van der Waals surface area (Å²) in [7, 11) is 0. The van der Waals surface area contributed by atoms with Crippen LogP contribution in [-0.4, -0.2) is 24.8 Å². The van der Waals surface area contributed by atoms with Crippen molar-refractivity contribution in [3.63, 3.8) is 0 Å². The lowest BCUT2D eigenvalue weighted by molar-refractivity contribution is -0.0425. The summed E-state index contributed by atoms with van der Waals surface area (Å²) in [6.07, 6.45) is -0.598. The summed E-state index contributed by atoms with van der Waals surface area (Å²) in [6, 6.07) is 11.4. The number of carbonyl (C=O) groups is 1. The van der Waals surface area contributed by atoms with Gasteiger partial charge in [-0.05, 0) is 5.56 Å². The molecule has 0 unspecified atom stereocenters. The molecule has 0 saturated carbocycles. The molecular weight excluding hydrogens is 220 g/mol. The van der Waals surface area contributed by atoms with Crippen molar-refractivity contribution >= 4 is 6.09 Å². The van der Waals surface area contributed by atoms with Crippen molar-refractivity contribution < 1.29 is 14.3 Å². The first-order chi connectivity index (χ1) is 8.24. The highest BCUT2D eigenvalue weighted by Crippen LogP contribution is 2.15. The van der Waals surface area contributed by atoms with E-state index in [1.54, 1.807) is 0 Å². The first-order valence-electron chi connectivity index (χ1n) is 5.22. The monoisotopic (exact) mass is 232 g/mol. The number of hydrogen-bond acceptors (Lipinski definition) is 4. The number of nitriles is 1. The molecule has 5 heteroatoms. The van der Waals surface area contributed by atoms with Gasteiger partial charge in [0, 0.05) is 0 Å². The number of rotatable bonds is 3. The van der Waals surface area contributed by atoms with E-state index in [4.69, 9.17) is 14.7 Å². The Kier molecular flexibility index (Phi) is 3.26. The lowest BCUT2D eigenvalue weighted by Gasteiger charge is -2.34. The highest BCUT2D eigenvalue weighted by molar-refractivity contribution is 5.69. The van der Waals surface area contributed by atoms with Gasteiger partial charge in [0.25, 0.3) is 0 Å². The summed E-state index contributed by atoms with van der Waals surface area (Å²) in [5.74, 6) is 0. The molecule has 0 atom stereocenters. The second-order valence-corrected chi connectivity index (χ2v) is 3.87. The van der Waals surface area contributed by atoms with E-state index in [0.717, 1.165) is 5.56 Å². The molecule has 1 aromatic rings. The molecule has 0 radical (unpaired) electrons. The van der Waals surface area contributed by atoms with Gasteiger partial charge in [-0.3, -0.25) is 5.32 Å². The molecule has 1 heterocycles. The summed E-state index contributed by atoms with van der Waals surface area (Å²) >= 11 is 0. The third kappa shape index (κ3) is 2.74. The molecule has 1 aliphatic heterocycles. The van der Waals surface area contributed by atoms with E-state index in [-0.39, 0.29) is 19.8 Å². The van der Waals surface area contributed by atoms with Crippen LogP contribution in [0.5, 0.6) is 0 Å². The third-order valence-corrected chi connectivity index (χ3v) is 2.47. The van der Waals surface area contributed by atoms with Crippen LogP contribution in [0, 0.1) is 11.3 Å². The molecule has 88 valence electrons. The highest BCUT2D eigenvalue weighted by Gasteiger charge is 2.41. The van der Waals surface area contributed by atoms with E-state index < -0.39 is 11.6 Å². The molecule has 1 amide bonds. The fourth-order valence-corrected chi connectivity index (χ4v) is 1.43. The van der Waals surface area contributed by atoms with Gasteiger partial charge in [-0.2, -0.15) is 5.26 Å². The van der Waals surface area contributed by atoms with Crippen molar-refractivity contribution in [2.45, 2.75) is 12.1 Å². The molecule has 1 aromatic carbocycles. The Morgan fingerprint density at radius 2 is 2.18 bits per heavy atom. The number of nitrogens with one attached hydrogen (secondary N) is 1. The number of amides is 1. The summed E-state index contributed by atoms with van der Waals surface area (Å²) in [5, 5.41) is 11.4. The van der Waals surface area contributed by atoms with Crippen LogP contribution < -0.4 is 5.32 Å². The van der Waals surface area contributed by atoms with Gasteiger partial charge in [-0.1, -0.05) is 30.3 Å². The minimum atomic E-state index is -0.909. The molecular formula is C12H12N2O3. The largest absolute Gasteiger partial charge is 0.445 e. The molecule has 0 aromatic heterocycles. The molecule has 17 heavy (non-hydrogen) atoms. The number of carbonyl (C=O) groups excluding carboxylic acids is 1. The Morgan fingerprint density at radius 3 is 2.71 bits per heavy atom. The SMILES string of the molecule is N#CC1(NC(=O)OCc2ccccc2)COC1. The molecule has 0 bridgehead atoms. The fourth-order valence-electron chi connectivity index (χ4n) is 1.43. The highest BCUT2D eigenvalue weighted by atomic mass is 16.6. The maximum atomic E-state index is 11.4. The van der Waals surface area contributed by atoms with Crippen LogP contribution in [0.3, 0.4) is 0 Å². The Morgan fingerprint density at radius 1 is 1.47 bits per heavy atom. The van der Waals surface area contributed by atoms with Gasteiger partial charge in [0.15, 0.2) is 5.54 Å². The number of ether oxygens (including phenoxy) is 2. The number of hydrogen-bond donors (Lipinski definition) is 1. The maximum absolute atomic E-state index is 11.4. The van der Waals surface area contributed by atoms with Crippen molar-refractivity contribution in [2.75, 3.05) is 13.2 Å². The van der Waals surface area contributed by atoms with E-state index in [1.807, 2.05) is 36.4 Å². The molecule has 5 nitrogen and oxygen atoms in total. The van der Waals surface area contributed by atoms with Gasteiger partial charge in [-0.15, -0.1) is 0 Å². The Bertz CT molecular complexity index is 435. The van der Waals surface area contributed by atoms with Crippen LogP contribution >= 0.6 is 0 Å². The topological polar surface area (TPSA) is 71.4 Å². The molecule has 2 rings (SSSR count). The summed E-state index contributed by atoms with van der Waals surface area (Å²) in [4.78, 5) is 11.4. The van der Waals surface area contributed by atoms with Crippen molar-refractivity contribution in [1.82, 2.24) is 5.32 Å². The minimum absolute atomic E-state index is 0.190. The zero-order chi connectivity index (χ0) is 12.1. The standard InChI is InChI=1S/C12H12N2O3/c13-7-12(8-16-9-12)14-11(15)17-6-10-4-2-1-3-5-10/h1-5H,6,8-9H2,(H,14,15). The summed E-state index contributed by atoms with van der Waals surface area (Å²) in [5.41, 5.74) is -0.00755. The second-order valence-electron chi connectivity index (χ2n) is 3.87. The lowest BCUT2D eigenvalue weighted by Crippen LogP contribution is -2.61. The lowest BCUT2D eigenvalue weighted by atomic mass is 10.0. The van der Waals surface area contributed by atoms with E-state index >= 15 is 0 Å². The van der Waals surface area contributed by atoms with Crippen LogP contribution in [0.4, 0.5) is 4.79 Å². The van der Waals surface area contributed by atoms with Gasteiger partial charge in [-0.25, -0.2) is 4.79 Å². The summed E-state index contributed by atoms with van der Waals surface area (Å²) in [6.45, 7) is 0.614. The van der Waals surface area contributed by atoms with E-state index in [9.17, 15) is 4.79 Å². The van der Waals surface area contributed by atoms with E-state index in [1.165, 1.54) is 0 Å². The Hall–Kier alpha value is -2.06. The van der Waals surface area contributed by atoms with Gasteiger partial charge in [0.2, 0.25) is 0 Å². The first-order valence-corrected chi connectivity index (χ1v) is 5.22. The van der Waals surface area contributed by atoms with Gasteiger partial charge < -0.3 is 9.47 Å². The van der Waals surface area contributed by atoms with Crippen molar-refractivity contribution in [2.24, 2.45) is 0 Å². The number of benzene rings is 1. The first kappa shape index (κ1) is 11.4. The molecule has 1 N–H and O–H groups in total. The van der Waals surface area contributed by atoms with Crippen LogP contribution in [0.25, 0.3) is 0 Å². The zero-order valence-corrected chi connectivity index (χ0v) is 9.18. The van der Waals surface area contributed by atoms with Gasteiger partial charge in [0.1, 0.15) is 6.61 Å². The maximum Gasteiger partial charge on any atom is 0.408 e. The molecule has 1 aliphatic rings. The van der Waals surface area contributed by atoms with Crippen molar-refractivity contribution in [1.29, 1.82) is 5.26 Å². The molecule has 0 aliphatic carbocycles. The smallest absolute Gasteiger partial charge is 0.408 e. The van der Waals surface area contributed by atoms with Crippen LogP contribution in [-0.2, 0) is 16.1 Å². The molecule has 1 saturated heterocycles. The van der Waals surface area contributed by atoms with Gasteiger partial charge >= 0.3 is 6.09 Å². The van der Waals surface area contributed by atoms with E-state index in [2.05, 4.69) is 5.32 Å². The average Bonchev–Trinajstić information content (AvgIpc) is 2.33. The molecule has 0 spiro atoms. The Labute approximate surface area is 98.9 Å². The van der Waals surface area contributed by atoms with Crippen LogP contribution in [0.2, 0.25) is 0 Å². The van der Waals surface area contributed by atoms with Crippen LogP contribution in [0.1, 0.15) is 5.56 Å². The molecule has 1 fully saturated rings. The number of nitrogens with zero attached hydrogens (tertiary/aromatic N) is 1. The van der Waals surface area contributed by atoms with E-state index in [0.29, 0.717) is 0 Å². The third-order valence-electron chi connectivity index (χ3n) is 2.47. The zero-order valence-electron chi connectivity index (χ0n) is 9.18. The summed E-state index contributed by atoms with van der Waals surface area (Å²) < 4.78 is 9.90. The normalized spacial score (nSPS) is 16.4. The predicted molar refractivity (Wildman–Crippen MR) is 58.9 cm³/mol. The minimum Gasteiger partial charge on any atom is -0.445 e. The van der Waals surface area contributed by atoms with Crippen molar-refractivity contribution in [3.05, 3.63) is 35.9 Å².